The number of hydrogen-bond donors (Lipinski definition) is 0. The van der Waals surface area contributed by atoms with E-state index in [9.17, 15) is 0 Å². The van der Waals surface area contributed by atoms with Gasteiger partial charge in [-0.25, -0.2) is 0 Å². The second-order valence-electron chi connectivity index (χ2n) is 4.60. The lowest BCUT2D eigenvalue weighted by Crippen LogP contribution is -1.95. The first kappa shape index (κ1) is 14.2. The Morgan fingerprint density at radius 3 is 2.67 bits per heavy atom. The Balaban J connectivity index is 1.75. The SMILES string of the molecule is Cc1cc(-c2nnc(SCc3ccc(Cl)cc3)n2C)no1. The Hall–Kier alpha value is -1.79. The highest BCUT2D eigenvalue weighted by molar-refractivity contribution is 7.98. The zero-order valence-electron chi connectivity index (χ0n) is 11.6. The van der Waals surface area contributed by atoms with E-state index in [1.54, 1.807) is 11.8 Å². The molecule has 0 unspecified atom stereocenters. The lowest BCUT2D eigenvalue weighted by molar-refractivity contribution is 0.399. The quantitative estimate of drug-likeness (QED) is 0.686. The number of aryl methyl sites for hydroxylation is 1. The van der Waals surface area contributed by atoms with Crippen LogP contribution in [0, 0.1) is 6.92 Å². The maximum Gasteiger partial charge on any atom is 0.191 e. The number of thioether (sulfide) groups is 1. The largest absolute Gasteiger partial charge is 0.361 e. The molecule has 0 fully saturated rings. The molecule has 2 heterocycles. The average molecular weight is 321 g/mol. The number of nitrogens with zero attached hydrogens (tertiary/aromatic N) is 4. The normalized spacial score (nSPS) is 11.0. The molecule has 7 heteroatoms. The predicted molar refractivity (Wildman–Crippen MR) is 82.3 cm³/mol. The van der Waals surface area contributed by atoms with E-state index in [0.717, 1.165) is 21.7 Å². The van der Waals surface area contributed by atoms with Gasteiger partial charge in [-0.3, -0.25) is 0 Å². The Morgan fingerprint density at radius 1 is 1.24 bits per heavy atom. The minimum atomic E-state index is 0.695. The zero-order chi connectivity index (χ0) is 14.8. The van der Waals surface area contributed by atoms with Crippen LogP contribution in [0.25, 0.3) is 11.5 Å². The van der Waals surface area contributed by atoms with Crippen molar-refractivity contribution in [2.24, 2.45) is 7.05 Å². The molecule has 2 aromatic heterocycles. The van der Waals surface area contributed by atoms with E-state index in [1.807, 2.05) is 48.9 Å². The van der Waals surface area contributed by atoms with E-state index in [4.69, 9.17) is 16.1 Å². The van der Waals surface area contributed by atoms with E-state index in [0.29, 0.717) is 11.5 Å². The van der Waals surface area contributed by atoms with Crippen LogP contribution in [0.4, 0.5) is 0 Å². The monoisotopic (exact) mass is 320 g/mol. The van der Waals surface area contributed by atoms with Crippen LogP contribution in [0.5, 0.6) is 0 Å². The van der Waals surface area contributed by atoms with Crippen LogP contribution in [0.3, 0.4) is 0 Å². The fourth-order valence-corrected chi connectivity index (χ4v) is 2.86. The number of hydrogen-bond acceptors (Lipinski definition) is 5. The van der Waals surface area contributed by atoms with E-state index in [-0.39, 0.29) is 0 Å². The van der Waals surface area contributed by atoms with E-state index in [2.05, 4.69) is 15.4 Å². The van der Waals surface area contributed by atoms with Gasteiger partial charge in [-0.1, -0.05) is 40.7 Å². The molecule has 0 aliphatic heterocycles. The average Bonchev–Trinajstić information content (AvgIpc) is 3.05. The summed E-state index contributed by atoms with van der Waals surface area (Å²) in [7, 11) is 1.92. The molecule has 3 rings (SSSR count). The first-order chi connectivity index (χ1) is 10.1. The van der Waals surface area contributed by atoms with Crippen molar-refractivity contribution in [1.82, 2.24) is 19.9 Å². The summed E-state index contributed by atoms with van der Waals surface area (Å²) in [4.78, 5) is 0. The van der Waals surface area contributed by atoms with Crippen molar-refractivity contribution in [2.75, 3.05) is 0 Å². The summed E-state index contributed by atoms with van der Waals surface area (Å²) in [5.41, 5.74) is 1.88. The molecule has 0 N–H and O–H groups in total. The summed E-state index contributed by atoms with van der Waals surface area (Å²) >= 11 is 7.49. The van der Waals surface area contributed by atoms with Crippen LogP contribution in [0.15, 0.2) is 40.0 Å². The third-order valence-electron chi connectivity index (χ3n) is 2.97. The molecule has 0 amide bonds. The minimum Gasteiger partial charge on any atom is -0.361 e. The van der Waals surface area contributed by atoms with Gasteiger partial charge in [-0.15, -0.1) is 10.2 Å². The fourth-order valence-electron chi connectivity index (χ4n) is 1.86. The highest BCUT2D eigenvalue weighted by Gasteiger charge is 2.14. The third kappa shape index (κ3) is 3.11. The lowest BCUT2D eigenvalue weighted by atomic mass is 10.2. The topological polar surface area (TPSA) is 56.7 Å². The molecule has 0 atom stereocenters. The Kier molecular flexibility index (Phi) is 3.98. The summed E-state index contributed by atoms with van der Waals surface area (Å²) < 4.78 is 6.99. The third-order valence-corrected chi connectivity index (χ3v) is 4.32. The second-order valence-corrected chi connectivity index (χ2v) is 5.98. The molecule has 0 aliphatic rings. The smallest absolute Gasteiger partial charge is 0.191 e. The summed E-state index contributed by atoms with van der Waals surface area (Å²) in [6.45, 7) is 1.85. The van der Waals surface area contributed by atoms with Crippen molar-refractivity contribution in [1.29, 1.82) is 0 Å². The second kappa shape index (κ2) is 5.91. The van der Waals surface area contributed by atoms with Gasteiger partial charge in [0.25, 0.3) is 0 Å². The maximum absolute atomic E-state index is 5.88. The number of benzene rings is 1. The summed E-state index contributed by atoms with van der Waals surface area (Å²) in [5, 5.41) is 13.9. The Labute approximate surface area is 131 Å². The summed E-state index contributed by atoms with van der Waals surface area (Å²) in [6, 6.07) is 9.63. The minimum absolute atomic E-state index is 0.695. The summed E-state index contributed by atoms with van der Waals surface area (Å²) in [5.74, 6) is 2.26. The number of rotatable bonds is 4. The zero-order valence-corrected chi connectivity index (χ0v) is 13.1. The van der Waals surface area contributed by atoms with E-state index in [1.165, 1.54) is 5.56 Å². The molecular weight excluding hydrogens is 308 g/mol. The van der Waals surface area contributed by atoms with Crippen molar-refractivity contribution in [3.8, 4) is 11.5 Å². The van der Waals surface area contributed by atoms with Crippen molar-refractivity contribution in [3.63, 3.8) is 0 Å². The highest BCUT2D eigenvalue weighted by Crippen LogP contribution is 2.25. The molecule has 21 heavy (non-hydrogen) atoms. The van der Waals surface area contributed by atoms with Gasteiger partial charge in [0.2, 0.25) is 0 Å². The van der Waals surface area contributed by atoms with Crippen LogP contribution >= 0.6 is 23.4 Å². The van der Waals surface area contributed by atoms with Gasteiger partial charge in [-0.2, -0.15) is 0 Å². The van der Waals surface area contributed by atoms with Gasteiger partial charge >= 0.3 is 0 Å². The van der Waals surface area contributed by atoms with Crippen molar-refractivity contribution in [2.45, 2.75) is 17.8 Å². The van der Waals surface area contributed by atoms with Crippen molar-refractivity contribution in [3.05, 3.63) is 46.7 Å². The first-order valence-electron chi connectivity index (χ1n) is 6.34. The van der Waals surface area contributed by atoms with Crippen LogP contribution in [0.1, 0.15) is 11.3 Å². The van der Waals surface area contributed by atoms with Gasteiger partial charge in [0.05, 0.1) is 0 Å². The Morgan fingerprint density at radius 2 is 2.00 bits per heavy atom. The standard InChI is InChI=1S/C14H13ClN4OS/c1-9-7-12(18-20-9)13-16-17-14(19(13)2)21-8-10-3-5-11(15)6-4-10/h3-7H,8H2,1-2H3. The van der Waals surface area contributed by atoms with E-state index < -0.39 is 0 Å². The molecule has 0 radical (unpaired) electrons. The van der Waals surface area contributed by atoms with Gasteiger partial charge < -0.3 is 9.09 Å². The van der Waals surface area contributed by atoms with Gasteiger partial charge in [0.15, 0.2) is 16.7 Å². The summed E-state index contributed by atoms with van der Waals surface area (Å²) in [6.07, 6.45) is 0. The van der Waals surface area contributed by atoms with Crippen LogP contribution < -0.4 is 0 Å². The van der Waals surface area contributed by atoms with Gasteiger partial charge in [-0.05, 0) is 24.6 Å². The Bertz CT molecular complexity index is 751. The van der Waals surface area contributed by atoms with Crippen molar-refractivity contribution < 1.29 is 4.52 Å². The molecule has 5 nitrogen and oxygen atoms in total. The highest BCUT2D eigenvalue weighted by atomic mass is 35.5. The first-order valence-corrected chi connectivity index (χ1v) is 7.70. The van der Waals surface area contributed by atoms with Crippen LogP contribution in [-0.4, -0.2) is 19.9 Å². The molecule has 0 spiro atoms. The van der Waals surface area contributed by atoms with Gasteiger partial charge in [0, 0.05) is 23.9 Å². The number of aromatic nitrogens is 4. The lowest BCUT2D eigenvalue weighted by Gasteiger charge is -2.02. The molecule has 108 valence electrons. The molecule has 0 bridgehead atoms. The van der Waals surface area contributed by atoms with Crippen LogP contribution in [-0.2, 0) is 12.8 Å². The molecular formula is C14H13ClN4OS. The predicted octanol–water partition coefficient (Wildman–Crippen LogP) is 3.72. The molecule has 0 saturated heterocycles. The van der Waals surface area contributed by atoms with Gasteiger partial charge in [0.1, 0.15) is 5.76 Å². The molecule has 1 aromatic carbocycles. The fraction of sp³-hybridized carbons (Fsp3) is 0.214. The van der Waals surface area contributed by atoms with E-state index >= 15 is 0 Å². The molecule has 3 aromatic rings. The molecule has 0 aliphatic carbocycles. The maximum atomic E-state index is 5.88. The molecule has 0 saturated carbocycles. The van der Waals surface area contributed by atoms with Crippen LogP contribution in [0.2, 0.25) is 5.02 Å². The van der Waals surface area contributed by atoms with Crippen molar-refractivity contribution >= 4 is 23.4 Å². The number of halogens is 1.